The van der Waals surface area contributed by atoms with Crippen molar-refractivity contribution in [2.24, 2.45) is 0 Å². The monoisotopic (exact) mass is 646 g/mol. The van der Waals surface area contributed by atoms with Crippen LogP contribution in [0, 0.1) is 5.82 Å². The van der Waals surface area contributed by atoms with Crippen LogP contribution in [0.15, 0.2) is 88.7 Å². The van der Waals surface area contributed by atoms with Gasteiger partial charge in [0.25, 0.3) is 0 Å². The number of ether oxygens (including phenoxy) is 2. The molecule has 0 fully saturated rings. The standard InChI is InChI=1S/C18H17FOS2.C18H18OS2/c1-3-11(2)22-14-6-7-15-17(9-14)16-8-13(19)5-4-12(16)10-20-18(15)21;1-3-12(2)21-14-8-9-16-17(10-14)15-7-5-4-6-13(15)11-19-18(16)20/h4-9,11H,3,10H2,1-2H3;4-10,12H,3,11H2,1-2H3. The van der Waals surface area contributed by atoms with Crippen LogP contribution < -0.4 is 0 Å². The zero-order chi connectivity index (χ0) is 30.5. The quantitative estimate of drug-likeness (QED) is 0.152. The average molecular weight is 647 g/mol. The van der Waals surface area contributed by atoms with E-state index in [1.165, 1.54) is 39.0 Å². The van der Waals surface area contributed by atoms with Crippen molar-refractivity contribution in [2.75, 3.05) is 0 Å². The first-order valence-electron chi connectivity index (χ1n) is 14.6. The van der Waals surface area contributed by atoms with E-state index >= 15 is 0 Å². The van der Waals surface area contributed by atoms with Gasteiger partial charge in [0.1, 0.15) is 19.0 Å². The van der Waals surface area contributed by atoms with Crippen LogP contribution in [-0.4, -0.2) is 20.6 Å². The lowest BCUT2D eigenvalue weighted by Gasteiger charge is -2.13. The van der Waals surface area contributed by atoms with Crippen LogP contribution in [0.2, 0.25) is 0 Å². The van der Waals surface area contributed by atoms with Gasteiger partial charge in [-0.1, -0.05) is 58.0 Å². The third-order valence-electron chi connectivity index (χ3n) is 7.63. The summed E-state index contributed by atoms with van der Waals surface area (Å²) in [5, 5.41) is 2.24. The molecule has 0 spiro atoms. The van der Waals surface area contributed by atoms with E-state index in [0.29, 0.717) is 33.8 Å². The highest BCUT2D eigenvalue weighted by atomic mass is 32.2. The molecule has 43 heavy (non-hydrogen) atoms. The fourth-order valence-electron chi connectivity index (χ4n) is 4.90. The lowest BCUT2D eigenvalue weighted by Crippen LogP contribution is -2.01. The van der Waals surface area contributed by atoms with Gasteiger partial charge in [0.05, 0.1) is 0 Å². The topological polar surface area (TPSA) is 18.5 Å². The first kappa shape index (κ1) is 31.7. The summed E-state index contributed by atoms with van der Waals surface area (Å²) in [7, 11) is 0. The predicted octanol–water partition coefficient (Wildman–Crippen LogP) is 11.0. The van der Waals surface area contributed by atoms with Crippen molar-refractivity contribution in [1.29, 1.82) is 0 Å². The first-order chi connectivity index (χ1) is 20.8. The van der Waals surface area contributed by atoms with E-state index in [2.05, 4.69) is 76.2 Å². The molecule has 2 aliphatic rings. The molecule has 2 nitrogen and oxygen atoms in total. The molecule has 4 aromatic rings. The fourth-order valence-corrected chi connectivity index (χ4v) is 7.30. The van der Waals surface area contributed by atoms with Crippen molar-refractivity contribution < 1.29 is 13.9 Å². The Morgan fingerprint density at radius 2 is 1.14 bits per heavy atom. The minimum Gasteiger partial charge on any atom is -0.478 e. The summed E-state index contributed by atoms with van der Waals surface area (Å²) in [5.41, 5.74) is 8.33. The van der Waals surface area contributed by atoms with E-state index in [9.17, 15) is 4.39 Å². The zero-order valence-electron chi connectivity index (χ0n) is 24.8. The lowest BCUT2D eigenvalue weighted by molar-refractivity contribution is 0.304. The van der Waals surface area contributed by atoms with Gasteiger partial charge in [0.15, 0.2) is 10.1 Å². The molecule has 6 rings (SSSR count). The highest BCUT2D eigenvalue weighted by Gasteiger charge is 2.21. The molecule has 222 valence electrons. The van der Waals surface area contributed by atoms with Crippen LogP contribution in [0.4, 0.5) is 4.39 Å². The molecule has 0 aromatic heterocycles. The molecule has 0 saturated heterocycles. The van der Waals surface area contributed by atoms with Crippen LogP contribution in [0.5, 0.6) is 0 Å². The number of thiocarbonyl (C=S) groups is 2. The predicted molar refractivity (Wildman–Crippen MR) is 188 cm³/mol. The molecule has 0 bridgehead atoms. The van der Waals surface area contributed by atoms with Gasteiger partial charge in [-0.15, -0.1) is 23.5 Å². The Kier molecular flexibility index (Phi) is 10.6. The summed E-state index contributed by atoms with van der Waals surface area (Å²) < 4.78 is 25.1. The number of fused-ring (bicyclic) bond motifs is 6. The van der Waals surface area contributed by atoms with Crippen LogP contribution >= 0.6 is 48.0 Å². The molecule has 2 heterocycles. The van der Waals surface area contributed by atoms with Gasteiger partial charge in [0, 0.05) is 31.4 Å². The molecule has 0 radical (unpaired) electrons. The maximum Gasteiger partial charge on any atom is 0.192 e. The van der Waals surface area contributed by atoms with Crippen LogP contribution in [0.3, 0.4) is 0 Å². The number of hydrogen-bond acceptors (Lipinski definition) is 6. The zero-order valence-corrected chi connectivity index (χ0v) is 28.1. The third-order valence-corrected chi connectivity index (χ3v) is 10.8. The van der Waals surface area contributed by atoms with Gasteiger partial charge in [-0.05, 0) is 119 Å². The average Bonchev–Trinajstić information content (AvgIpc) is 3.25. The first-order valence-corrected chi connectivity index (χ1v) is 17.2. The molecular formula is C36H35FO2S4. The lowest BCUT2D eigenvalue weighted by atomic mass is 9.96. The van der Waals surface area contributed by atoms with Crippen LogP contribution in [0.1, 0.15) is 62.8 Å². The maximum atomic E-state index is 13.7. The number of rotatable bonds is 6. The van der Waals surface area contributed by atoms with Gasteiger partial charge in [-0.3, -0.25) is 0 Å². The van der Waals surface area contributed by atoms with E-state index in [0.717, 1.165) is 34.2 Å². The summed E-state index contributed by atoms with van der Waals surface area (Å²) >= 11 is 14.5. The summed E-state index contributed by atoms with van der Waals surface area (Å²) in [4.78, 5) is 2.47. The number of benzene rings is 4. The van der Waals surface area contributed by atoms with Gasteiger partial charge >= 0.3 is 0 Å². The Morgan fingerprint density at radius 3 is 1.70 bits per heavy atom. The molecule has 2 atom stereocenters. The van der Waals surface area contributed by atoms with E-state index in [-0.39, 0.29) is 5.82 Å². The Morgan fingerprint density at radius 1 is 0.628 bits per heavy atom. The SMILES string of the molecule is CCC(C)Sc1ccc2c(c1)-c1cc(F)ccc1COC2=S.CCC(C)Sc1ccc2c(c1)-c1ccccc1COC2=S. The fraction of sp³-hybridized carbons (Fsp3) is 0.278. The molecule has 0 aliphatic carbocycles. The molecule has 2 aliphatic heterocycles. The van der Waals surface area contributed by atoms with Crippen molar-refractivity contribution in [3.8, 4) is 22.3 Å². The Hall–Kier alpha value is -2.71. The van der Waals surface area contributed by atoms with Crippen molar-refractivity contribution in [2.45, 2.75) is 74.0 Å². The van der Waals surface area contributed by atoms with Gasteiger partial charge in [-0.2, -0.15) is 0 Å². The summed E-state index contributed by atoms with van der Waals surface area (Å²) in [5.74, 6) is -0.238. The van der Waals surface area contributed by atoms with Crippen molar-refractivity contribution in [1.82, 2.24) is 0 Å². The molecule has 0 saturated carbocycles. The van der Waals surface area contributed by atoms with Crippen LogP contribution in [-0.2, 0) is 22.7 Å². The Labute approximate surface area is 273 Å². The summed E-state index contributed by atoms with van der Waals surface area (Å²) in [6, 6.07) is 25.9. The van der Waals surface area contributed by atoms with Crippen molar-refractivity contribution in [3.63, 3.8) is 0 Å². The van der Waals surface area contributed by atoms with Crippen LogP contribution in [0.25, 0.3) is 22.3 Å². The van der Waals surface area contributed by atoms with E-state index in [4.69, 9.17) is 33.9 Å². The Bertz CT molecular complexity index is 1650. The highest BCUT2D eigenvalue weighted by molar-refractivity contribution is 8.00. The number of hydrogen-bond donors (Lipinski definition) is 0. The molecule has 4 aromatic carbocycles. The molecular weight excluding hydrogens is 612 g/mol. The molecule has 2 unspecified atom stereocenters. The van der Waals surface area contributed by atoms with E-state index < -0.39 is 0 Å². The van der Waals surface area contributed by atoms with Crippen molar-refractivity contribution in [3.05, 3.63) is 107 Å². The third kappa shape index (κ3) is 7.51. The molecule has 0 N–H and O–H groups in total. The smallest absolute Gasteiger partial charge is 0.192 e. The van der Waals surface area contributed by atoms with Gasteiger partial charge in [-0.25, -0.2) is 4.39 Å². The second kappa shape index (κ2) is 14.4. The Balaban J connectivity index is 0.000000171. The van der Waals surface area contributed by atoms with E-state index in [1.807, 2.05) is 35.7 Å². The number of thioether (sulfide) groups is 2. The second-order valence-corrected chi connectivity index (χ2v) is 14.5. The molecule has 7 heteroatoms. The van der Waals surface area contributed by atoms with Gasteiger partial charge < -0.3 is 9.47 Å². The highest BCUT2D eigenvalue weighted by Crippen LogP contribution is 2.38. The minimum atomic E-state index is -0.238. The van der Waals surface area contributed by atoms with E-state index in [1.54, 1.807) is 12.1 Å². The second-order valence-electron chi connectivity index (χ2n) is 10.7. The summed E-state index contributed by atoms with van der Waals surface area (Å²) in [6.07, 6.45) is 2.27. The number of halogens is 1. The van der Waals surface area contributed by atoms with Crippen molar-refractivity contribution >= 4 is 58.1 Å². The maximum absolute atomic E-state index is 13.7. The normalized spacial score (nSPS) is 14.6. The largest absolute Gasteiger partial charge is 0.478 e. The molecule has 0 amide bonds. The summed E-state index contributed by atoms with van der Waals surface area (Å²) in [6.45, 7) is 9.80. The minimum absolute atomic E-state index is 0.238. The van der Waals surface area contributed by atoms with Gasteiger partial charge in [0.2, 0.25) is 0 Å².